The second-order valence-corrected chi connectivity index (χ2v) is 6.40. The fourth-order valence-corrected chi connectivity index (χ4v) is 2.82. The fraction of sp³-hybridized carbons (Fsp3) is 1.00. The lowest BCUT2D eigenvalue weighted by Crippen LogP contribution is -2.29. The summed E-state index contributed by atoms with van der Waals surface area (Å²) < 4.78 is 0. The summed E-state index contributed by atoms with van der Waals surface area (Å²) in [6, 6.07) is 0.721. The Kier molecular flexibility index (Phi) is 6.50. The lowest BCUT2D eigenvalue weighted by Gasteiger charge is -2.23. The number of nitrogens with zero attached hydrogens (tertiary/aromatic N) is 1. The minimum Gasteiger partial charge on any atom is -0.317 e. The van der Waals surface area contributed by atoms with E-state index in [1.54, 1.807) is 0 Å². The van der Waals surface area contributed by atoms with E-state index in [0.29, 0.717) is 5.41 Å². The Hall–Kier alpha value is -0.0800. The van der Waals surface area contributed by atoms with Crippen molar-refractivity contribution in [2.24, 2.45) is 5.41 Å². The van der Waals surface area contributed by atoms with Gasteiger partial charge in [-0.3, -0.25) is 0 Å². The van der Waals surface area contributed by atoms with Gasteiger partial charge in [0, 0.05) is 6.04 Å². The zero-order valence-electron chi connectivity index (χ0n) is 12.4. The molecule has 0 aromatic rings. The van der Waals surface area contributed by atoms with E-state index in [0.717, 1.165) is 6.04 Å². The summed E-state index contributed by atoms with van der Waals surface area (Å²) in [6.07, 6.45) is 8.08. The summed E-state index contributed by atoms with van der Waals surface area (Å²) in [5.41, 5.74) is 0.575. The van der Waals surface area contributed by atoms with Crippen molar-refractivity contribution in [3.8, 4) is 0 Å². The molecular formula is C15H32N2. The van der Waals surface area contributed by atoms with Crippen LogP contribution in [0, 0.1) is 5.41 Å². The molecule has 0 amide bonds. The Morgan fingerprint density at radius 1 is 1.24 bits per heavy atom. The minimum absolute atomic E-state index is 0.575. The van der Waals surface area contributed by atoms with Crippen molar-refractivity contribution in [3.05, 3.63) is 0 Å². The molecular weight excluding hydrogens is 208 g/mol. The predicted octanol–water partition coefficient (Wildman–Crippen LogP) is 3.28. The van der Waals surface area contributed by atoms with E-state index < -0.39 is 0 Å². The van der Waals surface area contributed by atoms with Crippen molar-refractivity contribution in [1.82, 2.24) is 10.2 Å². The Labute approximate surface area is 108 Å². The molecule has 102 valence electrons. The first-order valence-corrected chi connectivity index (χ1v) is 7.47. The number of hydrogen-bond donors (Lipinski definition) is 1. The summed E-state index contributed by atoms with van der Waals surface area (Å²) in [5, 5.41) is 3.40. The fourth-order valence-electron chi connectivity index (χ4n) is 2.82. The van der Waals surface area contributed by atoms with Crippen LogP contribution in [-0.4, -0.2) is 37.6 Å². The van der Waals surface area contributed by atoms with Gasteiger partial charge in [-0.1, -0.05) is 20.8 Å². The maximum atomic E-state index is 3.40. The van der Waals surface area contributed by atoms with Crippen LogP contribution >= 0.6 is 0 Å². The van der Waals surface area contributed by atoms with E-state index in [1.165, 1.54) is 58.2 Å². The molecule has 1 aliphatic heterocycles. The molecule has 0 aromatic carbocycles. The van der Waals surface area contributed by atoms with Crippen LogP contribution in [0.4, 0.5) is 0 Å². The van der Waals surface area contributed by atoms with Gasteiger partial charge in [-0.2, -0.15) is 0 Å². The molecule has 17 heavy (non-hydrogen) atoms. The van der Waals surface area contributed by atoms with Gasteiger partial charge in [-0.15, -0.1) is 0 Å². The van der Waals surface area contributed by atoms with E-state index in [4.69, 9.17) is 0 Å². The van der Waals surface area contributed by atoms with Gasteiger partial charge in [0.1, 0.15) is 0 Å². The maximum absolute atomic E-state index is 3.40. The third-order valence-corrected chi connectivity index (χ3v) is 4.36. The minimum atomic E-state index is 0.575. The number of likely N-dealkylation sites (tertiary alicyclic amines) is 1. The van der Waals surface area contributed by atoms with Gasteiger partial charge in [0.05, 0.1) is 0 Å². The standard InChI is InChI=1S/C15H32N2/c1-5-14(16-4)8-6-11-17-12-7-9-15(2,3)10-13-17/h14,16H,5-13H2,1-4H3. The normalized spacial score (nSPS) is 23.3. The molecule has 1 aliphatic rings. The van der Waals surface area contributed by atoms with Gasteiger partial charge >= 0.3 is 0 Å². The topological polar surface area (TPSA) is 15.3 Å². The van der Waals surface area contributed by atoms with Crippen molar-refractivity contribution in [2.45, 2.75) is 65.3 Å². The highest BCUT2D eigenvalue weighted by atomic mass is 15.1. The monoisotopic (exact) mass is 240 g/mol. The first-order valence-electron chi connectivity index (χ1n) is 7.47. The second kappa shape index (κ2) is 7.38. The lowest BCUT2D eigenvalue weighted by molar-refractivity contribution is 0.254. The van der Waals surface area contributed by atoms with Crippen LogP contribution in [0.25, 0.3) is 0 Å². The van der Waals surface area contributed by atoms with E-state index in [9.17, 15) is 0 Å². The predicted molar refractivity (Wildman–Crippen MR) is 76.4 cm³/mol. The molecule has 0 aliphatic carbocycles. The van der Waals surface area contributed by atoms with E-state index >= 15 is 0 Å². The highest BCUT2D eigenvalue weighted by Gasteiger charge is 2.22. The molecule has 1 N–H and O–H groups in total. The summed E-state index contributed by atoms with van der Waals surface area (Å²) in [4.78, 5) is 2.68. The molecule has 2 heteroatoms. The van der Waals surface area contributed by atoms with Gasteiger partial charge in [0.25, 0.3) is 0 Å². The smallest absolute Gasteiger partial charge is 0.00619 e. The summed E-state index contributed by atoms with van der Waals surface area (Å²) >= 11 is 0. The second-order valence-electron chi connectivity index (χ2n) is 6.40. The molecule has 1 saturated heterocycles. The van der Waals surface area contributed by atoms with Crippen LogP contribution in [0.5, 0.6) is 0 Å². The molecule has 0 saturated carbocycles. The van der Waals surface area contributed by atoms with E-state index in [1.807, 2.05) is 0 Å². The molecule has 0 spiro atoms. The molecule has 0 aromatic heterocycles. The summed E-state index contributed by atoms with van der Waals surface area (Å²) in [6.45, 7) is 11.0. The number of hydrogen-bond acceptors (Lipinski definition) is 2. The van der Waals surface area contributed by atoms with Crippen molar-refractivity contribution < 1.29 is 0 Å². The quantitative estimate of drug-likeness (QED) is 0.766. The first-order chi connectivity index (χ1) is 8.07. The van der Waals surface area contributed by atoms with E-state index in [2.05, 4.69) is 38.0 Å². The van der Waals surface area contributed by atoms with Crippen LogP contribution in [-0.2, 0) is 0 Å². The van der Waals surface area contributed by atoms with Gasteiger partial charge in [-0.25, -0.2) is 0 Å². The van der Waals surface area contributed by atoms with E-state index in [-0.39, 0.29) is 0 Å². The molecule has 1 fully saturated rings. The Balaban J connectivity index is 2.19. The van der Waals surface area contributed by atoms with Gasteiger partial charge < -0.3 is 10.2 Å². The van der Waals surface area contributed by atoms with Crippen LogP contribution in [0.2, 0.25) is 0 Å². The van der Waals surface area contributed by atoms with Crippen LogP contribution < -0.4 is 5.32 Å². The third kappa shape index (κ3) is 5.87. The molecule has 1 heterocycles. The van der Waals surface area contributed by atoms with Gasteiger partial charge in [0.2, 0.25) is 0 Å². The zero-order chi connectivity index (χ0) is 12.7. The SMILES string of the molecule is CCC(CCCN1CCCC(C)(C)CC1)NC. The lowest BCUT2D eigenvalue weighted by atomic mass is 9.85. The van der Waals surface area contributed by atoms with Crippen molar-refractivity contribution >= 4 is 0 Å². The number of rotatable bonds is 6. The van der Waals surface area contributed by atoms with Gasteiger partial charge in [0.15, 0.2) is 0 Å². The highest BCUT2D eigenvalue weighted by molar-refractivity contribution is 4.76. The Morgan fingerprint density at radius 3 is 2.65 bits per heavy atom. The largest absolute Gasteiger partial charge is 0.317 e. The third-order valence-electron chi connectivity index (χ3n) is 4.36. The van der Waals surface area contributed by atoms with Crippen LogP contribution in [0.3, 0.4) is 0 Å². The van der Waals surface area contributed by atoms with Crippen molar-refractivity contribution in [1.29, 1.82) is 0 Å². The zero-order valence-corrected chi connectivity index (χ0v) is 12.4. The average Bonchev–Trinajstić information content (AvgIpc) is 2.46. The highest BCUT2D eigenvalue weighted by Crippen LogP contribution is 2.29. The molecule has 1 atom stereocenters. The summed E-state index contributed by atoms with van der Waals surface area (Å²) in [5.74, 6) is 0. The van der Waals surface area contributed by atoms with Crippen LogP contribution in [0.1, 0.15) is 59.3 Å². The van der Waals surface area contributed by atoms with Gasteiger partial charge in [-0.05, 0) is 70.6 Å². The molecule has 0 radical (unpaired) electrons. The van der Waals surface area contributed by atoms with Crippen LogP contribution in [0.15, 0.2) is 0 Å². The average molecular weight is 240 g/mol. The molecule has 0 bridgehead atoms. The number of nitrogens with one attached hydrogen (secondary N) is 1. The molecule has 1 rings (SSSR count). The Morgan fingerprint density at radius 2 is 2.00 bits per heavy atom. The van der Waals surface area contributed by atoms with Crippen molar-refractivity contribution in [2.75, 3.05) is 26.7 Å². The molecule has 2 nitrogen and oxygen atoms in total. The first kappa shape index (κ1) is 15.0. The van der Waals surface area contributed by atoms with Crippen molar-refractivity contribution in [3.63, 3.8) is 0 Å². The summed E-state index contributed by atoms with van der Waals surface area (Å²) in [7, 11) is 2.09. The maximum Gasteiger partial charge on any atom is 0.00619 e. The molecule has 1 unspecified atom stereocenters. The Bertz CT molecular complexity index is 197.